The third kappa shape index (κ3) is 2.54. The van der Waals surface area contributed by atoms with Gasteiger partial charge in [0.25, 0.3) is 6.01 Å². The number of nitrogens with zero attached hydrogens (tertiary/aromatic N) is 4. The van der Waals surface area contributed by atoms with Gasteiger partial charge >= 0.3 is 0 Å². The Kier molecular flexibility index (Phi) is 3.10. The fourth-order valence-corrected chi connectivity index (χ4v) is 1.84. The van der Waals surface area contributed by atoms with Crippen molar-refractivity contribution >= 4 is 17.2 Å². The number of rotatable bonds is 4. The lowest BCUT2D eigenvalue weighted by atomic mass is 10.2. The molecule has 0 aliphatic heterocycles. The quantitative estimate of drug-likeness (QED) is 0.715. The average Bonchev–Trinajstić information content (AvgIpc) is 2.90. The molecule has 0 aliphatic carbocycles. The van der Waals surface area contributed by atoms with Gasteiger partial charge in [-0.2, -0.15) is 4.98 Å². The van der Waals surface area contributed by atoms with Gasteiger partial charge in [-0.1, -0.05) is 6.07 Å². The summed E-state index contributed by atoms with van der Waals surface area (Å²) in [4.78, 5) is 14.8. The smallest absolute Gasteiger partial charge is 0.299 e. The average molecular weight is 254 g/mol. The second kappa shape index (κ2) is 5.06. The van der Waals surface area contributed by atoms with Crippen molar-refractivity contribution in [2.45, 2.75) is 6.42 Å². The number of anilines is 1. The minimum absolute atomic E-state index is 0.588. The maximum absolute atomic E-state index is 5.65. The van der Waals surface area contributed by atoms with Gasteiger partial charge in [0.1, 0.15) is 0 Å². The van der Waals surface area contributed by atoms with Gasteiger partial charge < -0.3 is 9.32 Å². The van der Waals surface area contributed by atoms with Gasteiger partial charge in [-0.15, -0.1) is 0 Å². The van der Waals surface area contributed by atoms with Crippen molar-refractivity contribution < 1.29 is 4.42 Å². The van der Waals surface area contributed by atoms with Gasteiger partial charge in [-0.05, 0) is 24.3 Å². The molecule has 3 aromatic rings. The van der Waals surface area contributed by atoms with Crippen molar-refractivity contribution in [3.63, 3.8) is 0 Å². The summed E-state index contributed by atoms with van der Waals surface area (Å²) in [7, 11) is 1.95. The Morgan fingerprint density at radius 1 is 1.11 bits per heavy atom. The fraction of sp³-hybridized carbons (Fsp3) is 0.214. The normalized spacial score (nSPS) is 10.8. The lowest BCUT2D eigenvalue weighted by Gasteiger charge is -2.13. The van der Waals surface area contributed by atoms with Gasteiger partial charge in [0.15, 0.2) is 5.58 Å². The van der Waals surface area contributed by atoms with Crippen LogP contribution in [0.25, 0.3) is 11.2 Å². The van der Waals surface area contributed by atoms with Crippen molar-refractivity contribution in [1.29, 1.82) is 0 Å². The van der Waals surface area contributed by atoms with E-state index in [4.69, 9.17) is 4.42 Å². The highest BCUT2D eigenvalue weighted by Crippen LogP contribution is 2.18. The van der Waals surface area contributed by atoms with E-state index in [9.17, 15) is 0 Å². The van der Waals surface area contributed by atoms with E-state index < -0.39 is 0 Å². The molecule has 0 amide bonds. The molecule has 0 fully saturated rings. The molecule has 3 rings (SSSR count). The fourth-order valence-electron chi connectivity index (χ4n) is 1.84. The van der Waals surface area contributed by atoms with E-state index in [0.29, 0.717) is 17.2 Å². The molecule has 96 valence electrons. The van der Waals surface area contributed by atoms with Gasteiger partial charge in [0.05, 0.1) is 0 Å². The van der Waals surface area contributed by atoms with E-state index >= 15 is 0 Å². The zero-order valence-electron chi connectivity index (χ0n) is 10.7. The molecule has 3 heterocycles. The SMILES string of the molecule is CN(CCc1ccccn1)c1nc2ncccc2o1. The summed E-state index contributed by atoms with van der Waals surface area (Å²) >= 11 is 0. The van der Waals surface area contributed by atoms with E-state index in [2.05, 4.69) is 15.0 Å². The molecule has 5 heteroatoms. The number of oxazole rings is 1. The molecule has 0 N–H and O–H groups in total. The van der Waals surface area contributed by atoms with Gasteiger partial charge in [0.2, 0.25) is 5.65 Å². The lowest BCUT2D eigenvalue weighted by molar-refractivity contribution is 0.582. The highest BCUT2D eigenvalue weighted by Gasteiger charge is 2.10. The highest BCUT2D eigenvalue weighted by atomic mass is 16.4. The summed E-state index contributed by atoms with van der Waals surface area (Å²) in [6.45, 7) is 0.795. The van der Waals surface area contributed by atoms with Gasteiger partial charge in [-0.3, -0.25) is 4.98 Å². The summed E-state index contributed by atoms with van der Waals surface area (Å²) < 4.78 is 5.65. The molecule has 0 unspecified atom stereocenters. The predicted octanol–water partition coefficient (Wildman–Crippen LogP) is 2.30. The van der Waals surface area contributed by atoms with Crippen molar-refractivity contribution in [1.82, 2.24) is 15.0 Å². The van der Waals surface area contributed by atoms with E-state index in [0.717, 1.165) is 18.7 Å². The maximum atomic E-state index is 5.65. The largest absolute Gasteiger partial charge is 0.422 e. The van der Waals surface area contributed by atoms with Crippen LogP contribution in [0.3, 0.4) is 0 Å². The third-order valence-electron chi connectivity index (χ3n) is 2.91. The molecule has 0 spiro atoms. The second-order valence-electron chi connectivity index (χ2n) is 4.31. The van der Waals surface area contributed by atoms with Crippen molar-refractivity contribution in [3.8, 4) is 0 Å². The Labute approximate surface area is 110 Å². The van der Waals surface area contributed by atoms with Crippen LogP contribution in [0, 0.1) is 0 Å². The Morgan fingerprint density at radius 2 is 2.00 bits per heavy atom. The van der Waals surface area contributed by atoms with Crippen LogP contribution in [0.15, 0.2) is 47.1 Å². The van der Waals surface area contributed by atoms with Crippen molar-refractivity contribution in [2.75, 3.05) is 18.5 Å². The number of hydrogen-bond acceptors (Lipinski definition) is 5. The summed E-state index contributed by atoms with van der Waals surface area (Å²) in [5.41, 5.74) is 2.41. The number of fused-ring (bicyclic) bond motifs is 1. The first-order chi connectivity index (χ1) is 9.33. The summed E-state index contributed by atoms with van der Waals surface area (Å²) in [5, 5.41) is 0. The van der Waals surface area contributed by atoms with Crippen LogP contribution in [0.5, 0.6) is 0 Å². The van der Waals surface area contributed by atoms with E-state index in [1.807, 2.05) is 42.3 Å². The zero-order valence-corrected chi connectivity index (χ0v) is 10.7. The molecular weight excluding hydrogens is 240 g/mol. The van der Waals surface area contributed by atoms with Crippen molar-refractivity contribution in [2.24, 2.45) is 0 Å². The van der Waals surface area contributed by atoms with Crippen LogP contribution in [-0.4, -0.2) is 28.5 Å². The Hall–Kier alpha value is -2.43. The summed E-state index contributed by atoms with van der Waals surface area (Å²) in [6.07, 6.45) is 4.37. The molecule has 0 aromatic carbocycles. The first-order valence-electron chi connectivity index (χ1n) is 6.15. The van der Waals surface area contributed by atoms with Crippen LogP contribution >= 0.6 is 0 Å². The van der Waals surface area contributed by atoms with E-state index in [1.165, 1.54) is 0 Å². The minimum Gasteiger partial charge on any atom is -0.422 e. The van der Waals surface area contributed by atoms with E-state index in [-0.39, 0.29) is 0 Å². The monoisotopic (exact) mass is 254 g/mol. The molecular formula is C14H14N4O. The van der Waals surface area contributed by atoms with Crippen LogP contribution in [0.2, 0.25) is 0 Å². The Morgan fingerprint density at radius 3 is 2.79 bits per heavy atom. The first-order valence-corrected chi connectivity index (χ1v) is 6.15. The highest BCUT2D eigenvalue weighted by molar-refractivity contribution is 5.69. The van der Waals surface area contributed by atoms with Crippen LogP contribution in [-0.2, 0) is 6.42 Å². The molecule has 0 aliphatic rings. The Bertz CT molecular complexity index is 632. The number of hydrogen-bond donors (Lipinski definition) is 0. The first kappa shape index (κ1) is 11.6. The molecule has 0 radical (unpaired) electrons. The zero-order chi connectivity index (χ0) is 13.1. The molecule has 0 saturated carbocycles. The lowest BCUT2D eigenvalue weighted by Crippen LogP contribution is -2.20. The molecule has 0 bridgehead atoms. The van der Waals surface area contributed by atoms with Gasteiger partial charge in [-0.25, -0.2) is 4.98 Å². The second-order valence-corrected chi connectivity index (χ2v) is 4.31. The summed E-state index contributed by atoms with van der Waals surface area (Å²) in [5.74, 6) is 0. The molecule has 3 aromatic heterocycles. The maximum Gasteiger partial charge on any atom is 0.299 e. The third-order valence-corrected chi connectivity index (χ3v) is 2.91. The molecule has 5 nitrogen and oxygen atoms in total. The Balaban J connectivity index is 1.71. The van der Waals surface area contributed by atoms with Gasteiger partial charge in [0, 0.05) is 38.1 Å². The summed E-state index contributed by atoms with van der Waals surface area (Å²) in [6, 6.07) is 10.2. The van der Waals surface area contributed by atoms with Crippen LogP contribution in [0.1, 0.15) is 5.69 Å². The molecule has 19 heavy (non-hydrogen) atoms. The van der Waals surface area contributed by atoms with Crippen LogP contribution in [0.4, 0.5) is 6.01 Å². The van der Waals surface area contributed by atoms with Crippen molar-refractivity contribution in [3.05, 3.63) is 48.4 Å². The van der Waals surface area contributed by atoms with E-state index in [1.54, 1.807) is 12.4 Å². The number of aromatic nitrogens is 3. The molecule has 0 saturated heterocycles. The van der Waals surface area contributed by atoms with Crippen LogP contribution < -0.4 is 4.90 Å². The minimum atomic E-state index is 0.588. The molecule has 0 atom stereocenters. The number of likely N-dealkylation sites (N-methyl/N-ethyl adjacent to an activating group) is 1. The topological polar surface area (TPSA) is 55.1 Å². The standard InChI is InChI=1S/C14H14N4O/c1-18(10-7-11-5-2-3-8-15-11)14-17-13-12(19-14)6-4-9-16-13/h2-6,8-9H,7,10H2,1H3. The predicted molar refractivity (Wildman–Crippen MR) is 73.0 cm³/mol. The number of pyridine rings is 2.